The van der Waals surface area contributed by atoms with Gasteiger partial charge in [0.15, 0.2) is 17.7 Å². The largest absolute Gasteiger partial charge is 0.469 e. The van der Waals surface area contributed by atoms with Crippen molar-refractivity contribution in [2.24, 2.45) is 0 Å². The van der Waals surface area contributed by atoms with Crippen LogP contribution in [0.2, 0.25) is 0 Å². The van der Waals surface area contributed by atoms with Gasteiger partial charge in [-0.25, -0.2) is 19.5 Å². The number of aliphatic hydroxyl groups is 2. The van der Waals surface area contributed by atoms with Crippen molar-refractivity contribution in [2.45, 2.75) is 24.5 Å². The summed E-state index contributed by atoms with van der Waals surface area (Å²) in [4.78, 5) is 29.2. The van der Waals surface area contributed by atoms with Crippen LogP contribution in [0.5, 0.6) is 0 Å². The zero-order valence-corrected chi connectivity index (χ0v) is 12.4. The predicted molar refractivity (Wildman–Crippen MR) is 73.7 cm³/mol. The van der Waals surface area contributed by atoms with E-state index in [1.807, 2.05) is 0 Å². The number of nitrogen functional groups attached to an aromatic ring is 1. The van der Waals surface area contributed by atoms with Crippen LogP contribution in [0.1, 0.15) is 6.23 Å². The molecule has 126 valence electrons. The number of anilines is 1. The Labute approximate surface area is 128 Å². The second-order valence-corrected chi connectivity index (χ2v) is 6.15. The minimum atomic E-state index is -4.72. The molecule has 0 aliphatic carbocycles. The molecule has 3 rings (SSSR count). The van der Waals surface area contributed by atoms with Gasteiger partial charge in [-0.15, -0.1) is 0 Å². The Balaban J connectivity index is 1.85. The fourth-order valence-electron chi connectivity index (χ4n) is 2.32. The molecule has 12 nitrogen and oxygen atoms in total. The van der Waals surface area contributed by atoms with E-state index in [0.717, 1.165) is 0 Å². The molecule has 0 bridgehead atoms. The van der Waals surface area contributed by atoms with Crippen LogP contribution in [-0.2, 0) is 13.8 Å². The third kappa shape index (κ3) is 3.05. The van der Waals surface area contributed by atoms with Crippen LogP contribution in [0, 0.1) is 0 Å². The van der Waals surface area contributed by atoms with Gasteiger partial charge in [0.25, 0.3) is 0 Å². The Morgan fingerprint density at radius 2 is 2.04 bits per heavy atom. The molecule has 0 spiro atoms. The number of nitrogens with zero attached hydrogens (tertiary/aromatic N) is 4. The minimum absolute atomic E-state index is 0.142. The summed E-state index contributed by atoms with van der Waals surface area (Å²) in [6.07, 6.45) is -2.49. The van der Waals surface area contributed by atoms with Gasteiger partial charge in [-0.2, -0.15) is 0 Å². The van der Waals surface area contributed by atoms with Crippen LogP contribution < -0.4 is 5.73 Å². The van der Waals surface area contributed by atoms with Crippen LogP contribution in [0.25, 0.3) is 11.2 Å². The smallest absolute Gasteiger partial charge is 0.387 e. The summed E-state index contributed by atoms with van der Waals surface area (Å²) in [6, 6.07) is 0. The Bertz CT molecular complexity index is 763. The van der Waals surface area contributed by atoms with E-state index in [-0.39, 0.29) is 11.5 Å². The van der Waals surface area contributed by atoms with Gasteiger partial charge in [0.05, 0.1) is 12.9 Å². The second-order valence-electron chi connectivity index (χ2n) is 4.92. The number of rotatable bonds is 4. The van der Waals surface area contributed by atoms with E-state index in [9.17, 15) is 14.8 Å². The monoisotopic (exact) mass is 347 g/mol. The van der Waals surface area contributed by atoms with Crippen molar-refractivity contribution in [3.63, 3.8) is 0 Å². The summed E-state index contributed by atoms with van der Waals surface area (Å²) >= 11 is 0. The van der Waals surface area contributed by atoms with Crippen molar-refractivity contribution >= 4 is 24.8 Å². The first-order valence-corrected chi connectivity index (χ1v) is 7.95. The third-order valence-corrected chi connectivity index (χ3v) is 3.89. The van der Waals surface area contributed by atoms with Crippen LogP contribution in [-0.4, -0.2) is 64.4 Å². The maximum atomic E-state index is 10.7. The molecule has 2 aromatic heterocycles. The number of fused-ring (bicyclic) bond motifs is 1. The van der Waals surface area contributed by atoms with Crippen LogP contribution >= 0.6 is 7.82 Å². The average molecular weight is 347 g/mol. The van der Waals surface area contributed by atoms with E-state index in [4.69, 9.17) is 20.3 Å². The highest BCUT2D eigenvalue weighted by Crippen LogP contribution is 2.38. The summed E-state index contributed by atoms with van der Waals surface area (Å²) in [6.45, 7) is -0.594. The highest BCUT2D eigenvalue weighted by Gasteiger charge is 2.45. The summed E-state index contributed by atoms with van der Waals surface area (Å²) in [7, 11) is -4.72. The van der Waals surface area contributed by atoms with Crippen LogP contribution in [0.4, 0.5) is 5.82 Å². The maximum absolute atomic E-state index is 10.7. The number of imidazole rings is 1. The highest BCUT2D eigenvalue weighted by atomic mass is 31.2. The summed E-state index contributed by atoms with van der Waals surface area (Å²) in [5.41, 5.74) is 6.25. The first-order chi connectivity index (χ1) is 10.8. The van der Waals surface area contributed by atoms with Gasteiger partial charge >= 0.3 is 7.82 Å². The lowest BCUT2D eigenvalue weighted by atomic mass is 10.1. The summed E-state index contributed by atoms with van der Waals surface area (Å²) in [5, 5.41) is 20.1. The molecule has 0 radical (unpaired) electrons. The lowest BCUT2D eigenvalue weighted by Crippen LogP contribution is -2.33. The van der Waals surface area contributed by atoms with Gasteiger partial charge in [-0.1, -0.05) is 0 Å². The molecule has 1 unspecified atom stereocenters. The standard InChI is InChI=1S/C10H14N5O7P/c11-8-5-9(13-2-12-8)15(3-14-5)10-7(17)6(16)4(22-10)1-21-23(18,19)20/h2-4,6-7,10,16-17H,1H2,(H2,11,12,13)(H2,18,19,20)/t4-,6-,7-,10?/m1/s1. The van der Waals surface area contributed by atoms with Gasteiger partial charge in [-0.05, 0) is 0 Å². The van der Waals surface area contributed by atoms with Crippen molar-refractivity contribution in [3.8, 4) is 0 Å². The number of aliphatic hydroxyl groups excluding tert-OH is 2. The minimum Gasteiger partial charge on any atom is -0.387 e. The Kier molecular flexibility index (Phi) is 4.06. The van der Waals surface area contributed by atoms with Crippen molar-refractivity contribution < 1.29 is 33.8 Å². The van der Waals surface area contributed by atoms with Crippen molar-refractivity contribution in [3.05, 3.63) is 12.7 Å². The molecule has 0 amide bonds. The molecular weight excluding hydrogens is 333 g/mol. The van der Waals surface area contributed by atoms with E-state index in [1.165, 1.54) is 17.2 Å². The topological polar surface area (TPSA) is 186 Å². The summed E-state index contributed by atoms with van der Waals surface area (Å²) < 4.78 is 21.8. The molecule has 1 aliphatic rings. The van der Waals surface area contributed by atoms with Crippen molar-refractivity contribution in [2.75, 3.05) is 12.3 Å². The number of aromatic nitrogens is 4. The molecular formula is C10H14N5O7P. The first-order valence-electron chi connectivity index (χ1n) is 6.42. The Morgan fingerprint density at radius 3 is 2.74 bits per heavy atom. The van der Waals surface area contributed by atoms with E-state index < -0.39 is 39.0 Å². The molecule has 3 heterocycles. The molecule has 0 aromatic carbocycles. The first kappa shape index (κ1) is 16.2. The van der Waals surface area contributed by atoms with E-state index >= 15 is 0 Å². The highest BCUT2D eigenvalue weighted by molar-refractivity contribution is 7.46. The second kappa shape index (κ2) is 5.76. The third-order valence-electron chi connectivity index (χ3n) is 3.41. The molecule has 4 atom stereocenters. The number of hydrogen-bond donors (Lipinski definition) is 5. The van der Waals surface area contributed by atoms with Gasteiger partial charge in [0.1, 0.15) is 30.2 Å². The number of nitrogens with two attached hydrogens (primary N) is 1. The number of phosphoric acid groups is 1. The van der Waals surface area contributed by atoms with Gasteiger partial charge in [-0.3, -0.25) is 9.09 Å². The molecule has 1 aliphatic heterocycles. The van der Waals surface area contributed by atoms with Crippen molar-refractivity contribution in [1.82, 2.24) is 19.5 Å². The van der Waals surface area contributed by atoms with Crippen LogP contribution in [0.15, 0.2) is 12.7 Å². The predicted octanol–water partition coefficient (Wildman–Crippen LogP) is -1.86. The molecule has 1 fully saturated rings. The number of phosphoric ester groups is 1. The van der Waals surface area contributed by atoms with Crippen molar-refractivity contribution in [1.29, 1.82) is 0 Å². The lowest BCUT2D eigenvalue weighted by Gasteiger charge is -2.16. The van der Waals surface area contributed by atoms with E-state index in [0.29, 0.717) is 5.52 Å². The molecule has 13 heteroatoms. The molecule has 6 N–H and O–H groups in total. The maximum Gasteiger partial charge on any atom is 0.469 e. The quantitative estimate of drug-likeness (QED) is 0.390. The fourth-order valence-corrected chi connectivity index (χ4v) is 2.66. The average Bonchev–Trinajstić information content (AvgIpc) is 3.01. The van der Waals surface area contributed by atoms with Gasteiger partial charge in [0.2, 0.25) is 0 Å². The summed E-state index contributed by atoms with van der Waals surface area (Å²) in [5.74, 6) is 0.142. The van der Waals surface area contributed by atoms with Crippen LogP contribution in [0.3, 0.4) is 0 Å². The molecule has 1 saturated heterocycles. The molecule has 2 aromatic rings. The number of hydrogen-bond acceptors (Lipinski definition) is 9. The molecule has 23 heavy (non-hydrogen) atoms. The van der Waals surface area contributed by atoms with Gasteiger partial charge < -0.3 is 30.5 Å². The fraction of sp³-hybridized carbons (Fsp3) is 0.500. The molecule has 0 saturated carbocycles. The van der Waals surface area contributed by atoms with Gasteiger partial charge in [0, 0.05) is 0 Å². The van der Waals surface area contributed by atoms with E-state index in [2.05, 4.69) is 19.5 Å². The van der Waals surface area contributed by atoms with E-state index in [1.54, 1.807) is 0 Å². The Morgan fingerprint density at radius 1 is 1.30 bits per heavy atom. The number of ether oxygens (including phenoxy) is 1. The SMILES string of the molecule is Nc1ncnc2c1ncn2C1O[C@H](COP(=O)(O)O)[C@@H](O)[C@H]1O. The lowest BCUT2D eigenvalue weighted by molar-refractivity contribution is -0.0504. The Hall–Kier alpha value is -1.66. The normalized spacial score (nSPS) is 28.5. The zero-order valence-electron chi connectivity index (χ0n) is 11.5. The zero-order chi connectivity index (χ0) is 16.8.